The molecule has 0 radical (unpaired) electrons. The van der Waals surface area contributed by atoms with Gasteiger partial charge >= 0.3 is 5.97 Å². The van der Waals surface area contributed by atoms with Crippen LogP contribution in [0.5, 0.6) is 5.19 Å². The number of amides is 1. The van der Waals surface area contributed by atoms with Crippen LogP contribution in [0, 0.1) is 24.2 Å². The van der Waals surface area contributed by atoms with Crippen molar-refractivity contribution in [3.05, 3.63) is 71.8 Å². The lowest BCUT2D eigenvalue weighted by Gasteiger charge is -2.29. The minimum atomic E-state index is -1.07. The number of carboxylic acid groups (broad SMARTS) is 1. The van der Waals surface area contributed by atoms with Crippen molar-refractivity contribution in [3.63, 3.8) is 0 Å². The first-order valence-corrected chi connectivity index (χ1v) is 15.9. The van der Waals surface area contributed by atoms with Crippen molar-refractivity contribution >= 4 is 39.2 Å². The summed E-state index contributed by atoms with van der Waals surface area (Å²) in [5, 5.41) is 10.7. The Bertz CT molecular complexity index is 1480. The molecule has 2 fully saturated rings. The summed E-state index contributed by atoms with van der Waals surface area (Å²) in [6, 6.07) is 15.4. The average molecular weight is 587 g/mol. The Kier molecular flexibility index (Phi) is 8.17. The van der Waals surface area contributed by atoms with Crippen molar-refractivity contribution < 1.29 is 24.2 Å². The van der Waals surface area contributed by atoms with Crippen molar-refractivity contribution in [3.8, 4) is 5.19 Å². The van der Waals surface area contributed by atoms with Gasteiger partial charge < -0.3 is 14.7 Å². The number of aliphatic carboxylic acids is 1. The number of thiazole rings is 1. The van der Waals surface area contributed by atoms with Crippen LogP contribution in [-0.2, 0) is 20.8 Å². The van der Waals surface area contributed by atoms with Gasteiger partial charge in [-0.25, -0.2) is 4.98 Å². The van der Waals surface area contributed by atoms with E-state index >= 15 is 0 Å². The summed E-state index contributed by atoms with van der Waals surface area (Å²) in [5.74, 6) is -1.54. The number of nitrogens with zero attached hydrogens (tertiary/aromatic N) is 2. The van der Waals surface area contributed by atoms with Gasteiger partial charge in [0.05, 0.1) is 28.2 Å². The zero-order valence-electron chi connectivity index (χ0n) is 24.0. The number of fused-ring (bicyclic) bond motifs is 3. The van der Waals surface area contributed by atoms with Crippen LogP contribution in [0.2, 0.25) is 0 Å². The molecular weight excluding hydrogens is 548 g/mol. The predicted octanol–water partition coefficient (Wildman–Crippen LogP) is 6.38. The van der Waals surface area contributed by atoms with Crippen LogP contribution >= 0.6 is 11.3 Å². The third-order valence-corrected chi connectivity index (χ3v) is 10.1. The SMILES string of the molecule is Cc1cccc(C[C@H]2CCCCC/C=C\[C@@H]3C[C@@]3(C(=O)O)CC(=O)[C@@H]3C[C@@H](Oc4nc5ccccc5s4)CN3C2=O)c1. The van der Waals surface area contributed by atoms with Crippen LogP contribution in [0.1, 0.15) is 62.5 Å². The Morgan fingerprint density at radius 1 is 1.14 bits per heavy atom. The summed E-state index contributed by atoms with van der Waals surface area (Å²) in [5.41, 5.74) is 2.05. The van der Waals surface area contributed by atoms with Crippen LogP contribution in [0.3, 0.4) is 0 Å². The first kappa shape index (κ1) is 28.6. The lowest BCUT2D eigenvalue weighted by atomic mass is 9.90. The van der Waals surface area contributed by atoms with Gasteiger partial charge in [0, 0.05) is 18.8 Å². The molecule has 7 nitrogen and oxygen atoms in total. The third kappa shape index (κ3) is 6.00. The van der Waals surface area contributed by atoms with E-state index in [4.69, 9.17) is 4.74 Å². The molecule has 1 aromatic heterocycles. The van der Waals surface area contributed by atoms with E-state index in [9.17, 15) is 19.5 Å². The van der Waals surface area contributed by atoms with Crippen LogP contribution in [0.25, 0.3) is 10.2 Å². The molecule has 1 N–H and O–H groups in total. The van der Waals surface area contributed by atoms with Crippen LogP contribution < -0.4 is 4.74 Å². The largest absolute Gasteiger partial charge is 0.481 e. The van der Waals surface area contributed by atoms with Gasteiger partial charge in [-0.3, -0.25) is 14.4 Å². The number of ketones is 1. The summed E-state index contributed by atoms with van der Waals surface area (Å²) >= 11 is 1.45. The molecule has 8 heteroatoms. The number of hydrogen-bond donors (Lipinski definition) is 1. The van der Waals surface area contributed by atoms with Crippen LogP contribution in [0.4, 0.5) is 0 Å². The van der Waals surface area contributed by atoms with E-state index in [0.29, 0.717) is 31.0 Å². The predicted molar refractivity (Wildman–Crippen MR) is 163 cm³/mol. The number of Topliss-reactive ketones (excluding diaryl/α,β-unsaturated/α-hetero) is 1. The van der Waals surface area contributed by atoms with Gasteiger partial charge in [-0.15, -0.1) is 0 Å². The lowest BCUT2D eigenvalue weighted by Crippen LogP contribution is -2.45. The molecule has 0 unspecified atom stereocenters. The van der Waals surface area contributed by atoms with E-state index in [1.54, 1.807) is 4.90 Å². The molecule has 3 heterocycles. The van der Waals surface area contributed by atoms with E-state index in [1.807, 2.05) is 36.4 Å². The number of para-hydroxylation sites is 1. The van der Waals surface area contributed by atoms with E-state index in [0.717, 1.165) is 53.4 Å². The molecule has 1 saturated heterocycles. The summed E-state index contributed by atoms with van der Waals surface area (Å²) in [4.78, 5) is 47.0. The molecular formula is C34H38N2O5S. The number of aromatic nitrogens is 1. The summed E-state index contributed by atoms with van der Waals surface area (Å²) in [7, 11) is 0. The highest BCUT2D eigenvalue weighted by molar-refractivity contribution is 7.20. The Morgan fingerprint density at radius 3 is 2.81 bits per heavy atom. The number of carboxylic acids is 1. The van der Waals surface area contributed by atoms with Gasteiger partial charge in [0.2, 0.25) is 5.91 Å². The minimum absolute atomic E-state index is 0.0324. The Hall–Kier alpha value is -3.52. The smallest absolute Gasteiger partial charge is 0.310 e. The summed E-state index contributed by atoms with van der Waals surface area (Å²) in [6.45, 7) is 2.34. The monoisotopic (exact) mass is 586 g/mol. The van der Waals surface area contributed by atoms with Crippen molar-refractivity contribution in [2.24, 2.45) is 17.3 Å². The minimum Gasteiger partial charge on any atom is -0.481 e. The number of benzene rings is 2. The van der Waals surface area contributed by atoms with E-state index in [1.165, 1.54) is 11.3 Å². The topological polar surface area (TPSA) is 96.8 Å². The van der Waals surface area contributed by atoms with Gasteiger partial charge in [-0.2, -0.15) is 0 Å². The Labute approximate surface area is 250 Å². The fourth-order valence-corrected chi connectivity index (χ4v) is 7.66. The second-order valence-corrected chi connectivity index (χ2v) is 13.3. The maximum absolute atomic E-state index is 14.3. The molecule has 42 heavy (non-hydrogen) atoms. The molecule has 2 aliphatic heterocycles. The highest BCUT2D eigenvalue weighted by Crippen LogP contribution is 2.57. The molecule has 220 valence electrons. The molecule has 1 aliphatic carbocycles. The fourth-order valence-electron chi connectivity index (χ4n) is 6.78. The van der Waals surface area contributed by atoms with Gasteiger partial charge in [-0.1, -0.05) is 78.3 Å². The zero-order chi connectivity index (χ0) is 29.3. The number of carbonyl (C=O) groups is 3. The Morgan fingerprint density at radius 2 is 2.00 bits per heavy atom. The van der Waals surface area contributed by atoms with Crippen molar-refractivity contribution in [1.29, 1.82) is 0 Å². The Balaban J connectivity index is 1.29. The number of aryl methyl sites for hydroxylation is 1. The highest BCUT2D eigenvalue weighted by atomic mass is 32.1. The summed E-state index contributed by atoms with van der Waals surface area (Å²) in [6.07, 6.45) is 9.60. The molecule has 2 aromatic carbocycles. The second-order valence-electron chi connectivity index (χ2n) is 12.3. The van der Waals surface area contributed by atoms with Crippen molar-refractivity contribution in [2.75, 3.05) is 6.54 Å². The normalized spacial score (nSPS) is 29.3. The van der Waals surface area contributed by atoms with Gasteiger partial charge in [0.25, 0.3) is 5.19 Å². The van der Waals surface area contributed by atoms with Crippen molar-refractivity contribution in [2.45, 2.75) is 76.9 Å². The maximum atomic E-state index is 14.3. The number of carbonyl (C=O) groups excluding carboxylic acids is 2. The quantitative estimate of drug-likeness (QED) is 0.349. The summed E-state index contributed by atoms with van der Waals surface area (Å²) < 4.78 is 7.33. The van der Waals surface area contributed by atoms with Crippen LogP contribution in [0.15, 0.2) is 60.7 Å². The number of ether oxygens (including phenoxy) is 1. The van der Waals surface area contributed by atoms with E-state index in [-0.39, 0.29) is 29.9 Å². The number of hydrogen-bond acceptors (Lipinski definition) is 6. The van der Waals surface area contributed by atoms with E-state index < -0.39 is 23.5 Å². The van der Waals surface area contributed by atoms with Gasteiger partial charge in [0.15, 0.2) is 5.78 Å². The zero-order valence-corrected chi connectivity index (χ0v) is 24.9. The van der Waals surface area contributed by atoms with Crippen molar-refractivity contribution in [1.82, 2.24) is 9.88 Å². The third-order valence-electron chi connectivity index (χ3n) is 9.21. The standard InChI is InChI=1S/C34H38N2O5S/c1-22-10-9-11-23(16-22)17-24-12-5-3-2-4-6-13-25-19-34(25,32(39)40)20-29(37)28-18-26(21-36(28)31(24)38)41-33-35-27-14-7-8-15-30(27)42-33/h6-11,13-16,24-26,28H,2-5,12,17-21H2,1H3,(H,39,40)/b13-6-/t24-,25-,26-,28+,34-/m1/s1. The molecule has 5 atom stereocenters. The lowest BCUT2D eigenvalue weighted by molar-refractivity contribution is -0.147. The first-order valence-electron chi connectivity index (χ1n) is 15.1. The first-order chi connectivity index (χ1) is 20.3. The second kappa shape index (κ2) is 12.0. The molecule has 1 saturated carbocycles. The maximum Gasteiger partial charge on any atom is 0.310 e. The average Bonchev–Trinajstić information content (AvgIpc) is 3.28. The highest BCUT2D eigenvalue weighted by Gasteiger charge is 2.61. The molecule has 0 spiro atoms. The molecule has 1 amide bonds. The number of rotatable bonds is 5. The number of allylic oxidation sites excluding steroid dienone is 2. The molecule has 3 aromatic rings. The van der Waals surface area contributed by atoms with Gasteiger partial charge in [0.1, 0.15) is 6.10 Å². The molecule has 6 rings (SSSR count). The molecule has 3 aliphatic rings. The fraction of sp³-hybridized carbons (Fsp3) is 0.471. The van der Waals surface area contributed by atoms with Gasteiger partial charge in [-0.05, 0) is 62.6 Å². The van der Waals surface area contributed by atoms with Crippen LogP contribution in [-0.4, -0.2) is 51.3 Å². The van der Waals surface area contributed by atoms with E-state index in [2.05, 4.69) is 36.2 Å². The molecule has 0 bridgehead atoms.